The molecule has 0 unspecified atom stereocenters. The van der Waals surface area contributed by atoms with Gasteiger partial charge in [0.15, 0.2) is 17.3 Å². The zero-order valence-electron chi connectivity index (χ0n) is 17.4. The number of amides is 1. The van der Waals surface area contributed by atoms with Gasteiger partial charge in [0.25, 0.3) is 5.91 Å². The van der Waals surface area contributed by atoms with Crippen LogP contribution in [0.15, 0.2) is 54.7 Å². The van der Waals surface area contributed by atoms with Crippen molar-refractivity contribution in [2.24, 2.45) is 0 Å². The van der Waals surface area contributed by atoms with Crippen LogP contribution in [0.3, 0.4) is 0 Å². The van der Waals surface area contributed by atoms with Gasteiger partial charge in [-0.1, -0.05) is 30.3 Å². The van der Waals surface area contributed by atoms with Crippen molar-refractivity contribution in [1.29, 1.82) is 0 Å². The molecular weight excluding hydrogens is 394 g/mol. The van der Waals surface area contributed by atoms with E-state index in [-0.39, 0.29) is 24.3 Å². The second-order valence-corrected chi connectivity index (χ2v) is 8.01. The van der Waals surface area contributed by atoms with E-state index in [2.05, 4.69) is 9.88 Å². The lowest BCUT2D eigenvalue weighted by Crippen LogP contribution is -2.56. The van der Waals surface area contributed by atoms with E-state index in [1.54, 1.807) is 11.1 Å². The van der Waals surface area contributed by atoms with Crippen LogP contribution in [0.2, 0.25) is 0 Å². The summed E-state index contributed by atoms with van der Waals surface area (Å²) in [5.41, 5.74) is 1.68. The van der Waals surface area contributed by atoms with Gasteiger partial charge in [-0.3, -0.25) is 14.5 Å². The van der Waals surface area contributed by atoms with Crippen molar-refractivity contribution >= 4 is 22.6 Å². The van der Waals surface area contributed by atoms with Crippen LogP contribution in [0.25, 0.3) is 10.9 Å². The Hall–Kier alpha value is -3.32. The lowest BCUT2D eigenvalue weighted by atomic mass is 10.0. The van der Waals surface area contributed by atoms with Crippen molar-refractivity contribution in [2.45, 2.75) is 19.1 Å². The van der Waals surface area contributed by atoms with E-state index in [0.29, 0.717) is 43.2 Å². The van der Waals surface area contributed by atoms with Crippen LogP contribution in [0.5, 0.6) is 11.5 Å². The second-order valence-electron chi connectivity index (χ2n) is 8.01. The average molecular weight is 419 g/mol. The number of aromatic amines is 1. The molecule has 3 aromatic rings. The zero-order valence-corrected chi connectivity index (χ0v) is 17.4. The standard InChI is InChI=1S/C24H25N3O4/c1-16(23(28)18-14-25-19-7-3-2-6-17(18)19)26-10-12-27(13-11-26)24(29)22-15-30-20-8-4-5-9-21(20)31-22/h2-9,14,16,22,25H,10-13,15H2,1H3/t16-,22-/m0/s1. The van der Waals surface area contributed by atoms with Crippen molar-refractivity contribution in [3.63, 3.8) is 0 Å². The summed E-state index contributed by atoms with van der Waals surface area (Å²) >= 11 is 0. The number of nitrogens with zero attached hydrogens (tertiary/aromatic N) is 2. The summed E-state index contributed by atoms with van der Waals surface area (Å²) in [6, 6.07) is 15.0. The predicted molar refractivity (Wildman–Crippen MR) is 117 cm³/mol. The van der Waals surface area contributed by atoms with Crippen LogP contribution in [0.1, 0.15) is 17.3 Å². The normalized spacial score (nSPS) is 19.9. The molecule has 5 rings (SSSR count). The molecule has 2 aromatic carbocycles. The Labute approximate surface area is 180 Å². The van der Waals surface area contributed by atoms with Crippen molar-refractivity contribution < 1.29 is 19.1 Å². The van der Waals surface area contributed by atoms with Gasteiger partial charge in [-0.2, -0.15) is 0 Å². The molecule has 0 spiro atoms. The molecule has 2 aliphatic heterocycles. The molecule has 160 valence electrons. The number of para-hydroxylation sites is 3. The fourth-order valence-corrected chi connectivity index (χ4v) is 4.34. The first-order valence-corrected chi connectivity index (χ1v) is 10.6. The number of hydrogen-bond acceptors (Lipinski definition) is 5. The third-order valence-electron chi connectivity index (χ3n) is 6.19. The SMILES string of the molecule is C[C@@H](C(=O)c1c[nH]c2ccccc12)N1CCN(C(=O)[C@@H]2COc3ccccc3O2)CC1. The van der Waals surface area contributed by atoms with Crippen LogP contribution in [0, 0.1) is 0 Å². The minimum absolute atomic E-state index is 0.0650. The molecule has 0 saturated carbocycles. The number of ketones is 1. The highest BCUT2D eigenvalue weighted by Crippen LogP contribution is 2.31. The molecule has 7 heteroatoms. The number of aromatic nitrogens is 1. The molecule has 0 aliphatic carbocycles. The smallest absolute Gasteiger partial charge is 0.267 e. The van der Waals surface area contributed by atoms with Gasteiger partial charge in [0.05, 0.1) is 6.04 Å². The highest BCUT2D eigenvalue weighted by Gasteiger charge is 2.34. The molecule has 0 radical (unpaired) electrons. The molecule has 1 amide bonds. The molecule has 1 N–H and O–H groups in total. The molecular formula is C24H25N3O4. The number of carbonyl (C=O) groups is 2. The number of benzene rings is 2. The highest BCUT2D eigenvalue weighted by atomic mass is 16.6. The number of piperazine rings is 1. The highest BCUT2D eigenvalue weighted by molar-refractivity contribution is 6.10. The fourth-order valence-electron chi connectivity index (χ4n) is 4.34. The third-order valence-corrected chi connectivity index (χ3v) is 6.19. The molecule has 1 aromatic heterocycles. The number of ether oxygens (including phenoxy) is 2. The number of nitrogens with one attached hydrogen (secondary N) is 1. The quantitative estimate of drug-likeness (QED) is 0.659. The van der Waals surface area contributed by atoms with Crippen molar-refractivity contribution in [2.75, 3.05) is 32.8 Å². The first-order chi connectivity index (χ1) is 15.1. The Balaban J connectivity index is 1.20. The monoisotopic (exact) mass is 419 g/mol. The van der Waals surface area contributed by atoms with Crippen LogP contribution in [-0.4, -0.2) is 71.4 Å². The summed E-state index contributed by atoms with van der Waals surface area (Å²) in [6.45, 7) is 4.57. The Morgan fingerprint density at radius 2 is 1.71 bits per heavy atom. The molecule has 3 heterocycles. The van der Waals surface area contributed by atoms with Gasteiger partial charge in [0.1, 0.15) is 6.61 Å². The fraction of sp³-hybridized carbons (Fsp3) is 0.333. The minimum atomic E-state index is -0.633. The molecule has 1 saturated heterocycles. The molecule has 2 atom stereocenters. The zero-order chi connectivity index (χ0) is 21.4. The Kier molecular flexibility index (Phi) is 5.11. The first kappa shape index (κ1) is 19.6. The maximum Gasteiger partial charge on any atom is 0.267 e. The lowest BCUT2D eigenvalue weighted by molar-refractivity contribution is -0.143. The van der Waals surface area contributed by atoms with Crippen LogP contribution >= 0.6 is 0 Å². The number of hydrogen-bond donors (Lipinski definition) is 1. The van der Waals surface area contributed by atoms with Gasteiger partial charge in [-0.15, -0.1) is 0 Å². The van der Waals surface area contributed by atoms with E-state index in [1.807, 2.05) is 55.5 Å². The number of carbonyl (C=O) groups excluding carboxylic acids is 2. The van der Waals surface area contributed by atoms with E-state index in [1.165, 1.54) is 0 Å². The van der Waals surface area contributed by atoms with Gasteiger partial charge in [0, 0.05) is 48.8 Å². The van der Waals surface area contributed by atoms with E-state index < -0.39 is 6.10 Å². The van der Waals surface area contributed by atoms with Gasteiger partial charge < -0.3 is 19.4 Å². The van der Waals surface area contributed by atoms with Crippen molar-refractivity contribution in [3.05, 3.63) is 60.3 Å². The van der Waals surface area contributed by atoms with Crippen molar-refractivity contribution in [3.8, 4) is 11.5 Å². The number of rotatable bonds is 4. The van der Waals surface area contributed by atoms with E-state index >= 15 is 0 Å². The van der Waals surface area contributed by atoms with E-state index in [9.17, 15) is 9.59 Å². The molecule has 1 fully saturated rings. The van der Waals surface area contributed by atoms with Crippen molar-refractivity contribution in [1.82, 2.24) is 14.8 Å². The summed E-state index contributed by atoms with van der Waals surface area (Å²) in [5.74, 6) is 1.30. The Morgan fingerprint density at radius 3 is 2.52 bits per heavy atom. The van der Waals surface area contributed by atoms with E-state index in [4.69, 9.17) is 9.47 Å². The maximum atomic E-state index is 13.1. The van der Waals surface area contributed by atoms with Gasteiger partial charge >= 0.3 is 0 Å². The van der Waals surface area contributed by atoms with Gasteiger partial charge in [0.2, 0.25) is 6.10 Å². The Bertz CT molecular complexity index is 1120. The minimum Gasteiger partial charge on any atom is -0.485 e. The topological polar surface area (TPSA) is 74.9 Å². The third kappa shape index (κ3) is 3.65. The lowest BCUT2D eigenvalue weighted by Gasteiger charge is -2.39. The summed E-state index contributed by atoms with van der Waals surface area (Å²) in [5, 5.41) is 0.947. The average Bonchev–Trinajstić information content (AvgIpc) is 3.26. The summed E-state index contributed by atoms with van der Waals surface area (Å²) in [6.07, 6.45) is 1.16. The molecule has 7 nitrogen and oxygen atoms in total. The van der Waals surface area contributed by atoms with E-state index in [0.717, 1.165) is 10.9 Å². The largest absolute Gasteiger partial charge is 0.485 e. The molecule has 0 bridgehead atoms. The predicted octanol–water partition coefficient (Wildman–Crippen LogP) is 2.72. The van der Waals surface area contributed by atoms with Gasteiger partial charge in [-0.25, -0.2) is 0 Å². The number of fused-ring (bicyclic) bond motifs is 2. The molecule has 31 heavy (non-hydrogen) atoms. The van der Waals surface area contributed by atoms with Crippen LogP contribution in [-0.2, 0) is 4.79 Å². The van der Waals surface area contributed by atoms with Gasteiger partial charge in [-0.05, 0) is 25.1 Å². The Morgan fingerprint density at radius 1 is 1.00 bits per heavy atom. The summed E-state index contributed by atoms with van der Waals surface area (Å²) in [4.78, 5) is 33.2. The van der Waals surface area contributed by atoms with Crippen LogP contribution in [0.4, 0.5) is 0 Å². The number of H-pyrrole nitrogens is 1. The summed E-state index contributed by atoms with van der Waals surface area (Å²) < 4.78 is 11.5. The van der Waals surface area contributed by atoms with Crippen LogP contribution < -0.4 is 9.47 Å². The first-order valence-electron chi connectivity index (χ1n) is 10.6. The number of Topliss-reactive ketones (excluding diaryl/α,β-unsaturated/α-hetero) is 1. The molecule has 2 aliphatic rings. The summed E-state index contributed by atoms with van der Waals surface area (Å²) in [7, 11) is 0. The second kappa shape index (κ2) is 8.07. The maximum absolute atomic E-state index is 13.1.